The molecule has 1 aromatic carbocycles. The second-order valence-corrected chi connectivity index (χ2v) is 9.71. The highest BCUT2D eigenvalue weighted by molar-refractivity contribution is 14.0. The molecule has 3 aliphatic rings. The van der Waals surface area contributed by atoms with Crippen LogP contribution in [0, 0.1) is 5.41 Å². The van der Waals surface area contributed by atoms with Gasteiger partial charge in [0.25, 0.3) is 5.91 Å². The monoisotopic (exact) mass is 554 g/mol. The predicted molar refractivity (Wildman–Crippen MR) is 140 cm³/mol. The first-order chi connectivity index (χ1) is 15.0. The lowest BCUT2D eigenvalue weighted by atomic mass is 9.86. The van der Waals surface area contributed by atoms with E-state index in [1.807, 2.05) is 43.0 Å². The number of halogens is 1. The van der Waals surface area contributed by atoms with Gasteiger partial charge in [0, 0.05) is 38.3 Å². The van der Waals surface area contributed by atoms with E-state index in [4.69, 9.17) is 9.73 Å². The summed E-state index contributed by atoms with van der Waals surface area (Å²) in [6.07, 6.45) is 6.98. The quantitative estimate of drug-likeness (QED) is 0.343. The summed E-state index contributed by atoms with van der Waals surface area (Å²) in [4.78, 5) is 22.2. The molecule has 6 nitrogen and oxygen atoms in total. The van der Waals surface area contributed by atoms with Crippen LogP contribution in [0.3, 0.4) is 0 Å². The van der Waals surface area contributed by atoms with Crippen LogP contribution in [0.5, 0.6) is 0 Å². The van der Waals surface area contributed by atoms with Crippen molar-refractivity contribution in [3.63, 3.8) is 0 Å². The minimum Gasteiger partial charge on any atom is -0.372 e. The number of nitrogens with one attached hydrogen (secondary N) is 1. The van der Waals surface area contributed by atoms with Gasteiger partial charge in [0.1, 0.15) is 0 Å². The van der Waals surface area contributed by atoms with Crippen molar-refractivity contribution >= 4 is 35.8 Å². The molecule has 0 bridgehead atoms. The molecule has 2 heterocycles. The van der Waals surface area contributed by atoms with Gasteiger partial charge in [0.15, 0.2) is 5.96 Å². The van der Waals surface area contributed by atoms with E-state index in [-0.39, 0.29) is 42.1 Å². The molecule has 0 radical (unpaired) electrons. The zero-order valence-corrected chi connectivity index (χ0v) is 22.1. The van der Waals surface area contributed by atoms with Gasteiger partial charge in [-0.2, -0.15) is 0 Å². The number of hydrogen-bond acceptors (Lipinski definition) is 3. The number of nitrogens with zero attached hydrogens (tertiary/aromatic N) is 3. The number of benzene rings is 1. The Hall–Kier alpha value is -1.35. The Kier molecular flexibility index (Phi) is 8.83. The van der Waals surface area contributed by atoms with Gasteiger partial charge in [-0.15, -0.1) is 24.0 Å². The lowest BCUT2D eigenvalue weighted by Crippen LogP contribution is -2.48. The van der Waals surface area contributed by atoms with Gasteiger partial charge in [-0.3, -0.25) is 4.79 Å². The van der Waals surface area contributed by atoms with Gasteiger partial charge < -0.3 is 19.9 Å². The van der Waals surface area contributed by atoms with Crippen LogP contribution in [0.1, 0.15) is 68.8 Å². The van der Waals surface area contributed by atoms with Crippen LogP contribution < -0.4 is 5.32 Å². The molecule has 2 unspecified atom stereocenters. The third kappa shape index (κ3) is 5.95. The van der Waals surface area contributed by atoms with Gasteiger partial charge in [0.05, 0.1) is 18.8 Å². The number of amides is 1. The number of carbonyl (C=O) groups is 1. The van der Waals surface area contributed by atoms with E-state index < -0.39 is 0 Å². The summed E-state index contributed by atoms with van der Waals surface area (Å²) in [6, 6.07) is 7.95. The highest BCUT2D eigenvalue weighted by Crippen LogP contribution is 2.45. The lowest BCUT2D eigenvalue weighted by molar-refractivity contribution is -0.0586. The van der Waals surface area contributed by atoms with Crippen molar-refractivity contribution in [3.05, 3.63) is 35.4 Å². The normalized spacial score (nSPS) is 25.2. The Bertz CT molecular complexity index is 782. The molecule has 1 saturated carbocycles. The van der Waals surface area contributed by atoms with Crippen LogP contribution in [0.25, 0.3) is 0 Å². The van der Waals surface area contributed by atoms with Crippen molar-refractivity contribution in [3.8, 4) is 0 Å². The summed E-state index contributed by atoms with van der Waals surface area (Å²) in [5.74, 6) is 1.12. The Morgan fingerprint density at radius 1 is 1.09 bits per heavy atom. The van der Waals surface area contributed by atoms with Crippen molar-refractivity contribution in [1.29, 1.82) is 0 Å². The smallest absolute Gasteiger partial charge is 0.254 e. The average Bonchev–Trinajstić information content (AvgIpc) is 3.40. The number of carbonyl (C=O) groups excluding carboxylic acids is 1. The van der Waals surface area contributed by atoms with E-state index in [0.29, 0.717) is 25.0 Å². The molecule has 1 aliphatic carbocycles. The average molecular weight is 555 g/mol. The molecule has 32 heavy (non-hydrogen) atoms. The number of hydrogen-bond donors (Lipinski definition) is 1. The standard InChI is InChI=1S/C25H38N4O2.HI/c1-4-26-24(28-14-13-25(18-28)11-5-6-12-25)27-15-21-7-9-22(10-8-21)23(30)29-16-19(2)31-20(3)17-29;/h7-10,19-20H,4-6,11-18H2,1-3H3,(H,26,27);1H. The van der Waals surface area contributed by atoms with Gasteiger partial charge in [-0.25, -0.2) is 4.99 Å². The van der Waals surface area contributed by atoms with Crippen molar-refractivity contribution in [1.82, 2.24) is 15.1 Å². The minimum atomic E-state index is 0. The second-order valence-electron chi connectivity index (χ2n) is 9.71. The molecule has 2 saturated heterocycles. The highest BCUT2D eigenvalue weighted by atomic mass is 127. The van der Waals surface area contributed by atoms with Crippen LogP contribution >= 0.6 is 24.0 Å². The van der Waals surface area contributed by atoms with Crippen molar-refractivity contribution in [2.75, 3.05) is 32.7 Å². The molecule has 1 aromatic rings. The zero-order valence-electron chi connectivity index (χ0n) is 19.8. The van der Waals surface area contributed by atoms with E-state index in [1.54, 1.807) is 0 Å². The van der Waals surface area contributed by atoms with E-state index >= 15 is 0 Å². The van der Waals surface area contributed by atoms with Crippen LogP contribution in [0.15, 0.2) is 29.3 Å². The fourth-order valence-electron chi connectivity index (χ4n) is 5.52. The molecule has 3 fully saturated rings. The van der Waals surface area contributed by atoms with E-state index in [1.165, 1.54) is 32.1 Å². The predicted octanol–water partition coefficient (Wildman–Crippen LogP) is 4.29. The number of ether oxygens (including phenoxy) is 1. The molecule has 7 heteroatoms. The number of likely N-dealkylation sites (tertiary alicyclic amines) is 1. The second kappa shape index (κ2) is 11.2. The van der Waals surface area contributed by atoms with Gasteiger partial charge >= 0.3 is 0 Å². The van der Waals surface area contributed by atoms with Crippen molar-refractivity contribution < 1.29 is 9.53 Å². The highest BCUT2D eigenvalue weighted by Gasteiger charge is 2.41. The van der Waals surface area contributed by atoms with Crippen molar-refractivity contribution in [2.45, 2.75) is 71.6 Å². The van der Waals surface area contributed by atoms with Gasteiger partial charge in [0.2, 0.25) is 0 Å². The molecule has 4 rings (SSSR count). The summed E-state index contributed by atoms with van der Waals surface area (Å²) >= 11 is 0. The number of guanidine groups is 1. The molecule has 0 aromatic heterocycles. The molecule has 1 spiro atoms. The van der Waals surface area contributed by atoms with Gasteiger partial charge in [-0.1, -0.05) is 25.0 Å². The third-order valence-corrected chi connectivity index (χ3v) is 7.06. The molecule has 1 N–H and O–H groups in total. The molecule has 1 amide bonds. The van der Waals surface area contributed by atoms with Crippen molar-refractivity contribution in [2.24, 2.45) is 10.4 Å². The molecular weight excluding hydrogens is 515 g/mol. The third-order valence-electron chi connectivity index (χ3n) is 7.06. The van der Waals surface area contributed by atoms with E-state index in [9.17, 15) is 4.79 Å². The number of rotatable bonds is 4. The first-order valence-electron chi connectivity index (χ1n) is 12.0. The largest absolute Gasteiger partial charge is 0.372 e. The maximum atomic E-state index is 12.9. The zero-order chi connectivity index (χ0) is 21.8. The summed E-state index contributed by atoms with van der Waals surface area (Å²) in [5.41, 5.74) is 2.40. The lowest BCUT2D eigenvalue weighted by Gasteiger charge is -2.35. The Labute approximate surface area is 210 Å². The van der Waals surface area contributed by atoms with Crippen LogP contribution in [0.4, 0.5) is 0 Å². The topological polar surface area (TPSA) is 57.2 Å². The van der Waals surface area contributed by atoms with Crippen LogP contribution in [-0.4, -0.2) is 66.6 Å². The Morgan fingerprint density at radius 3 is 2.38 bits per heavy atom. The molecule has 178 valence electrons. The molecule has 2 aliphatic heterocycles. The molecule has 2 atom stereocenters. The Morgan fingerprint density at radius 2 is 1.75 bits per heavy atom. The van der Waals surface area contributed by atoms with Gasteiger partial charge in [-0.05, 0) is 63.1 Å². The van der Waals surface area contributed by atoms with E-state index in [2.05, 4.69) is 17.1 Å². The van der Waals surface area contributed by atoms with Crippen LogP contribution in [0.2, 0.25) is 0 Å². The fraction of sp³-hybridized carbons (Fsp3) is 0.680. The summed E-state index contributed by atoms with van der Waals surface area (Å²) < 4.78 is 5.75. The summed E-state index contributed by atoms with van der Waals surface area (Å²) in [5, 5.41) is 3.49. The number of aliphatic imine (C=N–C) groups is 1. The fourth-order valence-corrected chi connectivity index (χ4v) is 5.52. The SMILES string of the molecule is CCNC(=NCc1ccc(C(=O)N2CC(C)OC(C)C2)cc1)N1CCC2(CCCC2)C1.I. The van der Waals surface area contributed by atoms with Crippen LogP contribution in [-0.2, 0) is 11.3 Å². The molecular formula is C25H39IN4O2. The minimum absolute atomic E-state index is 0. The number of morpholine rings is 1. The maximum absolute atomic E-state index is 12.9. The van der Waals surface area contributed by atoms with E-state index in [0.717, 1.165) is 36.7 Å². The summed E-state index contributed by atoms with van der Waals surface area (Å²) in [7, 11) is 0. The summed E-state index contributed by atoms with van der Waals surface area (Å²) in [6.45, 7) is 11.2. The Balaban J connectivity index is 0.00000289. The maximum Gasteiger partial charge on any atom is 0.254 e. The first kappa shape index (κ1) is 25.3. The first-order valence-corrected chi connectivity index (χ1v) is 12.0.